The third-order valence-corrected chi connectivity index (χ3v) is 4.90. The zero-order chi connectivity index (χ0) is 15.3. The van der Waals surface area contributed by atoms with Crippen LogP contribution in [0.1, 0.15) is 50.3 Å². The highest BCUT2D eigenvalue weighted by Gasteiger charge is 2.19. The van der Waals surface area contributed by atoms with Gasteiger partial charge in [-0.2, -0.15) is 0 Å². The fraction of sp³-hybridized carbons (Fsp3) is 0.765. The second kappa shape index (κ2) is 7.73. The molecule has 0 saturated carbocycles. The maximum absolute atomic E-state index is 5.72. The van der Waals surface area contributed by atoms with Gasteiger partial charge in [0.15, 0.2) is 0 Å². The van der Waals surface area contributed by atoms with Gasteiger partial charge in [0.25, 0.3) is 0 Å². The lowest BCUT2D eigenvalue weighted by Gasteiger charge is -2.31. The lowest BCUT2D eigenvalue weighted by atomic mass is 10.1. The van der Waals surface area contributed by atoms with Crippen LogP contribution in [0.2, 0.25) is 0 Å². The predicted octanol–water partition coefficient (Wildman–Crippen LogP) is 3.64. The SMILES string of the molecule is CCOC1CCN(Cc2ccc(CNC(C)(C)C)s2)CC1. The fourth-order valence-electron chi connectivity index (χ4n) is 2.64. The molecule has 0 bridgehead atoms. The molecular weight excluding hydrogens is 280 g/mol. The Morgan fingerprint density at radius 2 is 1.90 bits per heavy atom. The number of rotatable bonds is 6. The molecule has 1 fully saturated rings. The van der Waals surface area contributed by atoms with E-state index in [9.17, 15) is 0 Å². The van der Waals surface area contributed by atoms with Crippen molar-refractivity contribution in [1.29, 1.82) is 0 Å². The average molecular weight is 311 g/mol. The van der Waals surface area contributed by atoms with E-state index in [0.717, 1.165) is 32.8 Å². The van der Waals surface area contributed by atoms with Crippen molar-refractivity contribution in [3.05, 3.63) is 21.9 Å². The summed E-state index contributed by atoms with van der Waals surface area (Å²) in [6, 6.07) is 4.56. The molecule has 0 radical (unpaired) electrons. The van der Waals surface area contributed by atoms with Crippen molar-refractivity contribution in [3.63, 3.8) is 0 Å². The quantitative estimate of drug-likeness (QED) is 0.868. The van der Waals surface area contributed by atoms with Gasteiger partial charge in [0.2, 0.25) is 0 Å². The monoisotopic (exact) mass is 310 g/mol. The first-order chi connectivity index (χ1) is 9.96. The highest BCUT2D eigenvalue weighted by atomic mass is 32.1. The van der Waals surface area contributed by atoms with E-state index in [-0.39, 0.29) is 5.54 Å². The van der Waals surface area contributed by atoms with Gasteiger partial charge in [-0.25, -0.2) is 0 Å². The molecule has 1 aliphatic rings. The number of nitrogens with zero attached hydrogens (tertiary/aromatic N) is 1. The Balaban J connectivity index is 1.75. The number of thiophene rings is 1. The molecular formula is C17H30N2OS. The van der Waals surface area contributed by atoms with Gasteiger partial charge < -0.3 is 10.1 Å². The summed E-state index contributed by atoms with van der Waals surface area (Å²) < 4.78 is 5.72. The van der Waals surface area contributed by atoms with E-state index in [0.29, 0.717) is 6.10 Å². The first kappa shape index (κ1) is 16.9. The van der Waals surface area contributed by atoms with Gasteiger partial charge in [0.1, 0.15) is 0 Å². The van der Waals surface area contributed by atoms with E-state index in [4.69, 9.17) is 4.74 Å². The molecule has 4 heteroatoms. The lowest BCUT2D eigenvalue weighted by molar-refractivity contribution is 0.0127. The summed E-state index contributed by atoms with van der Waals surface area (Å²) in [5, 5.41) is 3.56. The zero-order valence-electron chi connectivity index (χ0n) is 13.9. The van der Waals surface area contributed by atoms with Crippen molar-refractivity contribution in [2.75, 3.05) is 19.7 Å². The van der Waals surface area contributed by atoms with Crippen LogP contribution in [0.25, 0.3) is 0 Å². The molecule has 2 heterocycles. The Kier molecular flexibility index (Phi) is 6.23. The zero-order valence-corrected chi connectivity index (χ0v) is 14.8. The molecule has 0 aliphatic carbocycles. The number of piperidine rings is 1. The molecule has 1 aromatic heterocycles. The predicted molar refractivity (Wildman–Crippen MR) is 90.8 cm³/mol. The van der Waals surface area contributed by atoms with Crippen molar-refractivity contribution in [3.8, 4) is 0 Å². The molecule has 0 unspecified atom stereocenters. The van der Waals surface area contributed by atoms with Crippen LogP contribution in [0.15, 0.2) is 12.1 Å². The van der Waals surface area contributed by atoms with Crippen molar-refractivity contribution in [1.82, 2.24) is 10.2 Å². The smallest absolute Gasteiger partial charge is 0.0599 e. The summed E-state index contributed by atoms with van der Waals surface area (Å²) in [6.07, 6.45) is 2.84. The average Bonchev–Trinajstić information content (AvgIpc) is 2.86. The highest BCUT2D eigenvalue weighted by Crippen LogP contribution is 2.22. The van der Waals surface area contributed by atoms with Gasteiger partial charge in [-0.3, -0.25) is 4.90 Å². The number of ether oxygens (including phenoxy) is 1. The summed E-state index contributed by atoms with van der Waals surface area (Å²) in [6.45, 7) is 14.0. The number of hydrogen-bond donors (Lipinski definition) is 1. The molecule has 0 aromatic carbocycles. The molecule has 0 amide bonds. The van der Waals surface area contributed by atoms with E-state index in [2.05, 4.69) is 50.0 Å². The Bertz CT molecular complexity index is 417. The summed E-state index contributed by atoms with van der Waals surface area (Å²) >= 11 is 1.94. The Labute approximate surface area is 133 Å². The third kappa shape index (κ3) is 6.07. The van der Waals surface area contributed by atoms with Crippen LogP contribution in [0.4, 0.5) is 0 Å². The molecule has 1 saturated heterocycles. The molecule has 120 valence electrons. The van der Waals surface area contributed by atoms with E-state index in [1.807, 2.05) is 11.3 Å². The topological polar surface area (TPSA) is 24.5 Å². The third-order valence-electron chi connectivity index (χ3n) is 3.83. The Morgan fingerprint density at radius 1 is 1.24 bits per heavy atom. The molecule has 3 nitrogen and oxygen atoms in total. The Hall–Kier alpha value is -0.420. The van der Waals surface area contributed by atoms with E-state index >= 15 is 0 Å². The minimum atomic E-state index is 0.186. The minimum Gasteiger partial charge on any atom is -0.378 e. The molecule has 1 aromatic rings. The van der Waals surface area contributed by atoms with Gasteiger partial charge in [-0.05, 0) is 52.7 Å². The maximum Gasteiger partial charge on any atom is 0.0599 e. The summed E-state index contributed by atoms with van der Waals surface area (Å²) in [5.41, 5.74) is 0.186. The number of likely N-dealkylation sites (tertiary alicyclic amines) is 1. The normalized spacial score (nSPS) is 18.3. The van der Waals surface area contributed by atoms with Gasteiger partial charge >= 0.3 is 0 Å². The summed E-state index contributed by atoms with van der Waals surface area (Å²) in [7, 11) is 0. The molecule has 2 rings (SSSR count). The first-order valence-electron chi connectivity index (χ1n) is 8.13. The second-order valence-electron chi connectivity index (χ2n) is 6.90. The number of nitrogens with one attached hydrogen (secondary N) is 1. The van der Waals surface area contributed by atoms with E-state index < -0.39 is 0 Å². The van der Waals surface area contributed by atoms with Crippen LogP contribution >= 0.6 is 11.3 Å². The van der Waals surface area contributed by atoms with Crippen LogP contribution in [-0.2, 0) is 17.8 Å². The standard InChI is InChI=1S/C17H30N2OS/c1-5-20-14-8-10-19(11-9-14)13-16-7-6-15(21-16)12-18-17(2,3)4/h6-7,14,18H,5,8-13H2,1-4H3. The molecule has 0 atom stereocenters. The maximum atomic E-state index is 5.72. The molecule has 1 N–H and O–H groups in total. The fourth-order valence-corrected chi connectivity index (χ4v) is 3.65. The lowest BCUT2D eigenvalue weighted by Crippen LogP contribution is -2.36. The second-order valence-corrected chi connectivity index (χ2v) is 8.16. The largest absolute Gasteiger partial charge is 0.378 e. The molecule has 1 aliphatic heterocycles. The first-order valence-corrected chi connectivity index (χ1v) is 8.94. The van der Waals surface area contributed by atoms with Crippen LogP contribution in [0.3, 0.4) is 0 Å². The van der Waals surface area contributed by atoms with Crippen LogP contribution in [0.5, 0.6) is 0 Å². The Morgan fingerprint density at radius 3 is 2.52 bits per heavy atom. The van der Waals surface area contributed by atoms with Crippen LogP contribution < -0.4 is 5.32 Å². The van der Waals surface area contributed by atoms with Gasteiger partial charge in [-0.1, -0.05) is 0 Å². The van der Waals surface area contributed by atoms with Crippen molar-refractivity contribution in [2.24, 2.45) is 0 Å². The van der Waals surface area contributed by atoms with E-state index in [1.54, 1.807) is 0 Å². The van der Waals surface area contributed by atoms with Gasteiger partial charge in [-0.15, -0.1) is 11.3 Å². The van der Waals surface area contributed by atoms with Crippen molar-refractivity contribution >= 4 is 11.3 Å². The van der Waals surface area contributed by atoms with Gasteiger partial charge in [0, 0.05) is 48.1 Å². The minimum absolute atomic E-state index is 0.186. The molecule has 21 heavy (non-hydrogen) atoms. The molecule has 0 spiro atoms. The van der Waals surface area contributed by atoms with Crippen molar-refractivity contribution < 1.29 is 4.74 Å². The number of hydrogen-bond acceptors (Lipinski definition) is 4. The van der Waals surface area contributed by atoms with Crippen LogP contribution in [0, 0.1) is 0 Å². The highest BCUT2D eigenvalue weighted by molar-refractivity contribution is 7.11. The van der Waals surface area contributed by atoms with Crippen molar-refractivity contribution in [2.45, 2.75) is 65.3 Å². The summed E-state index contributed by atoms with van der Waals surface area (Å²) in [5.74, 6) is 0. The summed E-state index contributed by atoms with van der Waals surface area (Å²) in [4.78, 5) is 5.47. The van der Waals surface area contributed by atoms with Crippen LogP contribution in [-0.4, -0.2) is 36.2 Å². The van der Waals surface area contributed by atoms with Gasteiger partial charge in [0.05, 0.1) is 6.10 Å². The van der Waals surface area contributed by atoms with E-state index in [1.165, 1.54) is 22.6 Å².